The summed E-state index contributed by atoms with van der Waals surface area (Å²) < 4.78 is 1.07. The second-order valence-electron chi connectivity index (χ2n) is 3.66. The van der Waals surface area contributed by atoms with Crippen LogP contribution in [0.5, 0.6) is 0 Å². The summed E-state index contributed by atoms with van der Waals surface area (Å²) in [6.07, 6.45) is 1.68. The van der Waals surface area contributed by atoms with Gasteiger partial charge in [-0.3, -0.25) is 0 Å². The number of benzene rings is 1. The van der Waals surface area contributed by atoms with Crippen LogP contribution in [0, 0.1) is 0 Å². The van der Waals surface area contributed by atoms with Crippen molar-refractivity contribution < 1.29 is 5.11 Å². The van der Waals surface area contributed by atoms with Crippen molar-refractivity contribution in [3.63, 3.8) is 0 Å². The van der Waals surface area contributed by atoms with Crippen molar-refractivity contribution in [2.45, 2.75) is 25.0 Å². The highest BCUT2D eigenvalue weighted by Gasteiger charge is 2.25. The molecule has 3 heteroatoms. The lowest BCUT2D eigenvalue weighted by Gasteiger charge is -2.29. The van der Waals surface area contributed by atoms with E-state index in [2.05, 4.69) is 27.3 Å². The fraction of sp³-hybridized carbons (Fsp3) is 0.455. The highest BCUT2D eigenvalue weighted by atomic mass is 79.9. The molecule has 2 nitrogen and oxygen atoms in total. The van der Waals surface area contributed by atoms with Gasteiger partial charge in [-0.1, -0.05) is 34.1 Å². The van der Waals surface area contributed by atoms with Gasteiger partial charge in [0, 0.05) is 4.47 Å². The standard InChI is InChI=1S/C11H14BrNO/c12-9-5-2-1-4-8(9)11-10(14)6-3-7-13-11/h1-2,4-5,10-11,13-14H,3,6-7H2. The molecular weight excluding hydrogens is 242 g/mol. The molecule has 0 saturated carbocycles. The first-order valence-corrected chi connectivity index (χ1v) is 5.74. The molecule has 0 amide bonds. The van der Waals surface area contributed by atoms with Crippen LogP contribution in [-0.4, -0.2) is 17.8 Å². The third-order valence-electron chi connectivity index (χ3n) is 2.67. The molecule has 0 bridgehead atoms. The molecule has 2 N–H and O–H groups in total. The molecule has 1 saturated heterocycles. The topological polar surface area (TPSA) is 32.3 Å². The zero-order chi connectivity index (χ0) is 9.97. The van der Waals surface area contributed by atoms with E-state index in [-0.39, 0.29) is 12.1 Å². The Balaban J connectivity index is 2.25. The Labute approximate surface area is 92.5 Å². The number of rotatable bonds is 1. The number of hydrogen-bond acceptors (Lipinski definition) is 2. The fourth-order valence-corrected chi connectivity index (χ4v) is 2.45. The predicted molar refractivity (Wildman–Crippen MR) is 60.1 cm³/mol. The van der Waals surface area contributed by atoms with Gasteiger partial charge in [-0.25, -0.2) is 0 Å². The van der Waals surface area contributed by atoms with Crippen molar-refractivity contribution in [1.29, 1.82) is 0 Å². The number of hydrogen-bond donors (Lipinski definition) is 2. The molecule has 1 aromatic rings. The quantitative estimate of drug-likeness (QED) is 0.807. The van der Waals surface area contributed by atoms with E-state index in [9.17, 15) is 5.11 Å². The number of halogens is 1. The molecule has 0 aliphatic carbocycles. The summed E-state index contributed by atoms with van der Waals surface area (Å²) in [5.74, 6) is 0. The number of aliphatic hydroxyl groups excluding tert-OH is 1. The van der Waals surface area contributed by atoms with Crippen LogP contribution in [0.25, 0.3) is 0 Å². The van der Waals surface area contributed by atoms with Gasteiger partial charge in [0.2, 0.25) is 0 Å². The van der Waals surface area contributed by atoms with Crippen molar-refractivity contribution in [3.05, 3.63) is 34.3 Å². The van der Waals surface area contributed by atoms with E-state index in [4.69, 9.17) is 0 Å². The summed E-state index contributed by atoms with van der Waals surface area (Å²) in [5.41, 5.74) is 1.15. The first kappa shape index (κ1) is 10.1. The summed E-state index contributed by atoms with van der Waals surface area (Å²) in [5, 5.41) is 13.2. The minimum absolute atomic E-state index is 0.0827. The van der Waals surface area contributed by atoms with E-state index in [0.717, 1.165) is 29.4 Å². The van der Waals surface area contributed by atoms with Crippen LogP contribution in [0.15, 0.2) is 28.7 Å². The van der Waals surface area contributed by atoms with Crippen LogP contribution < -0.4 is 5.32 Å². The molecule has 1 aromatic carbocycles. The highest BCUT2D eigenvalue weighted by molar-refractivity contribution is 9.10. The molecule has 1 heterocycles. The smallest absolute Gasteiger partial charge is 0.0735 e. The zero-order valence-electron chi connectivity index (χ0n) is 7.91. The van der Waals surface area contributed by atoms with Gasteiger partial charge in [0.1, 0.15) is 0 Å². The molecule has 1 fully saturated rings. The molecule has 0 aromatic heterocycles. The first-order valence-electron chi connectivity index (χ1n) is 4.95. The average Bonchev–Trinajstić information content (AvgIpc) is 2.20. The van der Waals surface area contributed by atoms with Gasteiger partial charge in [-0.2, -0.15) is 0 Å². The van der Waals surface area contributed by atoms with Crippen LogP contribution >= 0.6 is 15.9 Å². The van der Waals surface area contributed by atoms with Crippen LogP contribution in [0.4, 0.5) is 0 Å². The normalized spacial score (nSPS) is 27.6. The molecule has 2 atom stereocenters. The lowest BCUT2D eigenvalue weighted by Crippen LogP contribution is -2.37. The molecule has 14 heavy (non-hydrogen) atoms. The summed E-state index contributed by atoms with van der Waals surface area (Å²) >= 11 is 3.51. The second kappa shape index (κ2) is 4.43. The molecule has 1 aliphatic rings. The Bertz CT molecular complexity index is 316. The third-order valence-corrected chi connectivity index (χ3v) is 3.39. The van der Waals surface area contributed by atoms with Gasteiger partial charge in [0.15, 0.2) is 0 Å². The van der Waals surface area contributed by atoms with Crippen LogP contribution in [0.1, 0.15) is 24.4 Å². The third kappa shape index (κ3) is 2.00. The van der Waals surface area contributed by atoms with Crippen LogP contribution in [0.2, 0.25) is 0 Å². The fourth-order valence-electron chi connectivity index (χ4n) is 1.92. The molecule has 0 radical (unpaired) electrons. The molecule has 0 spiro atoms. The Morgan fingerprint density at radius 3 is 2.86 bits per heavy atom. The Morgan fingerprint density at radius 2 is 2.14 bits per heavy atom. The Kier molecular flexibility index (Phi) is 3.21. The van der Waals surface area contributed by atoms with Crippen LogP contribution in [-0.2, 0) is 0 Å². The maximum Gasteiger partial charge on any atom is 0.0735 e. The van der Waals surface area contributed by atoms with Gasteiger partial charge in [0.05, 0.1) is 12.1 Å². The number of aliphatic hydroxyl groups is 1. The molecule has 2 rings (SSSR count). The minimum atomic E-state index is -0.262. The van der Waals surface area contributed by atoms with Crippen molar-refractivity contribution in [1.82, 2.24) is 5.32 Å². The van der Waals surface area contributed by atoms with E-state index in [1.54, 1.807) is 0 Å². The highest BCUT2D eigenvalue weighted by Crippen LogP contribution is 2.28. The zero-order valence-corrected chi connectivity index (χ0v) is 9.50. The van der Waals surface area contributed by atoms with Crippen molar-refractivity contribution in [3.8, 4) is 0 Å². The summed E-state index contributed by atoms with van der Waals surface area (Å²) in [7, 11) is 0. The van der Waals surface area contributed by atoms with E-state index in [1.165, 1.54) is 0 Å². The van der Waals surface area contributed by atoms with E-state index in [0.29, 0.717) is 0 Å². The van der Waals surface area contributed by atoms with E-state index in [1.807, 2.05) is 18.2 Å². The number of nitrogens with one attached hydrogen (secondary N) is 1. The SMILES string of the molecule is OC1CCCNC1c1ccccc1Br. The van der Waals surface area contributed by atoms with E-state index < -0.39 is 0 Å². The van der Waals surface area contributed by atoms with E-state index >= 15 is 0 Å². The maximum absolute atomic E-state index is 9.86. The molecule has 1 aliphatic heterocycles. The largest absolute Gasteiger partial charge is 0.391 e. The van der Waals surface area contributed by atoms with Gasteiger partial charge in [-0.15, -0.1) is 0 Å². The molecular formula is C11H14BrNO. The van der Waals surface area contributed by atoms with Crippen LogP contribution in [0.3, 0.4) is 0 Å². The minimum Gasteiger partial charge on any atom is -0.391 e. The van der Waals surface area contributed by atoms with Crippen molar-refractivity contribution >= 4 is 15.9 Å². The summed E-state index contributed by atoms with van der Waals surface area (Å²) in [6, 6.07) is 8.14. The first-order chi connectivity index (χ1) is 6.79. The lowest BCUT2D eigenvalue weighted by molar-refractivity contribution is 0.0962. The van der Waals surface area contributed by atoms with Gasteiger partial charge < -0.3 is 10.4 Å². The maximum atomic E-state index is 9.86. The Hall–Kier alpha value is -0.380. The molecule has 76 valence electrons. The summed E-state index contributed by atoms with van der Waals surface area (Å²) in [4.78, 5) is 0. The number of piperidine rings is 1. The predicted octanol–water partition coefficient (Wildman–Crippen LogP) is 2.23. The van der Waals surface area contributed by atoms with Gasteiger partial charge >= 0.3 is 0 Å². The monoisotopic (exact) mass is 255 g/mol. The lowest BCUT2D eigenvalue weighted by atomic mass is 9.95. The average molecular weight is 256 g/mol. The Morgan fingerprint density at radius 1 is 1.36 bits per heavy atom. The van der Waals surface area contributed by atoms with Crippen molar-refractivity contribution in [2.24, 2.45) is 0 Å². The second-order valence-corrected chi connectivity index (χ2v) is 4.52. The molecule has 2 unspecified atom stereocenters. The van der Waals surface area contributed by atoms with Crippen molar-refractivity contribution in [2.75, 3.05) is 6.54 Å². The van der Waals surface area contributed by atoms with Gasteiger partial charge in [0.25, 0.3) is 0 Å². The summed E-state index contributed by atoms with van der Waals surface area (Å²) in [6.45, 7) is 0.989. The van der Waals surface area contributed by atoms with Gasteiger partial charge in [-0.05, 0) is 31.0 Å².